The largest absolute Gasteiger partial charge is 0.0620 e. The van der Waals surface area contributed by atoms with Crippen LogP contribution in [0.15, 0.2) is 182 Å². The van der Waals surface area contributed by atoms with Gasteiger partial charge in [0.25, 0.3) is 0 Å². The molecule has 0 saturated heterocycles. The molecule has 0 amide bonds. The number of hydrogen-bond acceptors (Lipinski definition) is 0. The molecule has 12 aromatic rings. The smallest absolute Gasteiger partial charge is 0.000687 e. The second kappa shape index (κ2) is 11.6. The molecule has 2 aliphatic carbocycles. The van der Waals surface area contributed by atoms with Crippen LogP contribution in [0.3, 0.4) is 0 Å². The van der Waals surface area contributed by atoms with Crippen LogP contribution >= 0.6 is 0 Å². The summed E-state index contributed by atoms with van der Waals surface area (Å²) in [4.78, 5) is 0. The van der Waals surface area contributed by atoms with Crippen LogP contribution in [0.2, 0.25) is 0 Å². The van der Waals surface area contributed by atoms with Gasteiger partial charge in [-0.25, -0.2) is 0 Å². The summed E-state index contributed by atoms with van der Waals surface area (Å²) in [6.45, 7) is 4.56. The van der Waals surface area contributed by atoms with Crippen molar-refractivity contribution in [2.24, 2.45) is 0 Å². The molecule has 0 fully saturated rings. The molecule has 0 aliphatic heterocycles. The standard InChI is InChI=1S/C60H36/c1-33-13-3-7-17-38(33)56-48-28-27-42-46(26-25-37-29-50-45-23-11-21-43-40-19-9-5-15-35(40)30-52(54(43)45)51(50)32-49(37)42)57(48)58(39-18-8-4-14-34(39)2)60-53-31-36-16-6-10-20-41(36)44-22-12-24-47(55(44)53)59(56)60/h3-32H,1-2H3. The number of hydrogen-bond donors (Lipinski definition) is 0. The van der Waals surface area contributed by atoms with E-state index in [0.717, 1.165) is 0 Å². The SMILES string of the molecule is Cc1ccccc1-c1c2c(c(-c3ccccc3C)c3c1ccc1c4cc5c(cc4ccc13)-c1cccc3c1c-5cc1ccccc13)-c1cc3ccccc3c3cccc-2c13. The molecule has 0 heterocycles. The summed E-state index contributed by atoms with van der Waals surface area (Å²) in [5.74, 6) is 0. The molecule has 0 nitrogen and oxygen atoms in total. The Kier molecular flexibility index (Phi) is 6.25. The Hall–Kier alpha value is -7.54. The molecular formula is C60H36. The third kappa shape index (κ3) is 4.06. The second-order valence-electron chi connectivity index (χ2n) is 17.1. The van der Waals surface area contributed by atoms with Crippen LogP contribution in [0, 0.1) is 13.8 Å². The highest BCUT2D eigenvalue weighted by Gasteiger charge is 2.33. The fraction of sp³-hybridized carbons (Fsp3) is 0.0333. The minimum Gasteiger partial charge on any atom is -0.0620 e. The molecule has 12 aromatic carbocycles. The van der Waals surface area contributed by atoms with E-state index in [1.165, 1.54) is 153 Å². The molecule has 0 bridgehead atoms. The lowest BCUT2D eigenvalue weighted by molar-refractivity contribution is 1.46. The zero-order valence-corrected chi connectivity index (χ0v) is 33.3. The van der Waals surface area contributed by atoms with Crippen LogP contribution < -0.4 is 0 Å². The van der Waals surface area contributed by atoms with Gasteiger partial charge in [-0.3, -0.25) is 0 Å². The Morgan fingerprint density at radius 3 is 1.40 bits per heavy atom. The first-order chi connectivity index (χ1) is 29.6. The molecule has 0 spiro atoms. The topological polar surface area (TPSA) is 0 Å². The average molecular weight is 757 g/mol. The van der Waals surface area contributed by atoms with Crippen molar-refractivity contribution in [1.29, 1.82) is 0 Å². The zero-order valence-electron chi connectivity index (χ0n) is 33.3. The third-order valence-corrected chi connectivity index (χ3v) is 14.1. The van der Waals surface area contributed by atoms with Gasteiger partial charge in [-0.15, -0.1) is 0 Å². The molecule has 60 heavy (non-hydrogen) atoms. The third-order valence-electron chi connectivity index (χ3n) is 14.1. The summed E-state index contributed by atoms with van der Waals surface area (Å²) in [5, 5.41) is 18.4. The Labute approximate surface area is 347 Å². The summed E-state index contributed by atoms with van der Waals surface area (Å²) in [6, 6.07) is 69.2. The summed E-state index contributed by atoms with van der Waals surface area (Å²) < 4.78 is 0. The lowest BCUT2D eigenvalue weighted by atomic mass is 9.79. The number of aryl methyl sites for hydroxylation is 2. The van der Waals surface area contributed by atoms with Crippen LogP contribution in [0.4, 0.5) is 0 Å². The van der Waals surface area contributed by atoms with Crippen molar-refractivity contribution >= 4 is 75.4 Å². The number of rotatable bonds is 2. The fourth-order valence-corrected chi connectivity index (χ4v) is 11.6. The highest BCUT2D eigenvalue weighted by molar-refractivity contribution is 6.35. The van der Waals surface area contributed by atoms with E-state index in [4.69, 9.17) is 0 Å². The maximum atomic E-state index is 2.51. The summed E-state index contributed by atoms with van der Waals surface area (Å²) >= 11 is 0. The summed E-state index contributed by atoms with van der Waals surface area (Å²) in [5.41, 5.74) is 18.5. The monoisotopic (exact) mass is 756 g/mol. The molecule has 0 radical (unpaired) electrons. The first kappa shape index (κ1) is 32.4. The van der Waals surface area contributed by atoms with Gasteiger partial charge in [0.15, 0.2) is 0 Å². The Bertz CT molecular complexity index is 3950. The van der Waals surface area contributed by atoms with Crippen molar-refractivity contribution in [3.05, 3.63) is 193 Å². The van der Waals surface area contributed by atoms with Gasteiger partial charge in [0.1, 0.15) is 0 Å². The zero-order chi connectivity index (χ0) is 39.4. The van der Waals surface area contributed by atoms with E-state index in [0.29, 0.717) is 0 Å². The summed E-state index contributed by atoms with van der Waals surface area (Å²) in [7, 11) is 0. The van der Waals surface area contributed by atoms with E-state index in [9.17, 15) is 0 Å². The Morgan fingerprint density at radius 2 is 0.683 bits per heavy atom. The molecule has 0 saturated carbocycles. The van der Waals surface area contributed by atoms with Crippen molar-refractivity contribution in [3.63, 3.8) is 0 Å². The van der Waals surface area contributed by atoms with Crippen LogP contribution in [0.5, 0.6) is 0 Å². The molecule has 2 aliphatic rings. The van der Waals surface area contributed by atoms with E-state index in [1.54, 1.807) is 0 Å². The van der Waals surface area contributed by atoms with Crippen LogP contribution in [-0.2, 0) is 0 Å². The first-order valence-electron chi connectivity index (χ1n) is 21.2. The maximum absolute atomic E-state index is 2.51. The quantitative estimate of drug-likeness (QED) is 0.154. The van der Waals surface area contributed by atoms with E-state index in [-0.39, 0.29) is 0 Å². The van der Waals surface area contributed by atoms with Gasteiger partial charge in [0.2, 0.25) is 0 Å². The van der Waals surface area contributed by atoms with Crippen molar-refractivity contribution < 1.29 is 0 Å². The highest BCUT2D eigenvalue weighted by Crippen LogP contribution is 2.60. The van der Waals surface area contributed by atoms with Gasteiger partial charge < -0.3 is 0 Å². The predicted octanol–water partition coefficient (Wildman–Crippen LogP) is 17.0. The van der Waals surface area contributed by atoms with Gasteiger partial charge in [0, 0.05) is 0 Å². The summed E-state index contributed by atoms with van der Waals surface area (Å²) in [6.07, 6.45) is 0. The van der Waals surface area contributed by atoms with Crippen molar-refractivity contribution in [2.75, 3.05) is 0 Å². The molecule has 0 unspecified atom stereocenters. The lowest BCUT2D eigenvalue weighted by Crippen LogP contribution is -1.97. The number of fused-ring (bicyclic) bond motifs is 15. The second-order valence-corrected chi connectivity index (χ2v) is 17.1. The fourth-order valence-electron chi connectivity index (χ4n) is 11.6. The lowest BCUT2D eigenvalue weighted by Gasteiger charge is -2.23. The van der Waals surface area contributed by atoms with Crippen molar-refractivity contribution in [2.45, 2.75) is 13.8 Å². The van der Waals surface area contributed by atoms with Crippen LogP contribution in [0.25, 0.3) is 142 Å². The minimum absolute atomic E-state index is 1.27. The van der Waals surface area contributed by atoms with E-state index < -0.39 is 0 Å². The Balaban J connectivity index is 1.18. The molecule has 0 N–H and O–H groups in total. The van der Waals surface area contributed by atoms with E-state index in [1.807, 2.05) is 0 Å². The van der Waals surface area contributed by atoms with Gasteiger partial charge in [0.05, 0.1) is 0 Å². The molecule has 0 atom stereocenters. The molecule has 0 heteroatoms. The maximum Gasteiger partial charge on any atom is -0.000687 e. The van der Waals surface area contributed by atoms with Gasteiger partial charge in [-0.2, -0.15) is 0 Å². The normalized spacial score (nSPS) is 12.5. The molecule has 0 aromatic heterocycles. The molecule has 276 valence electrons. The van der Waals surface area contributed by atoms with E-state index in [2.05, 4.69) is 196 Å². The minimum atomic E-state index is 1.27. The van der Waals surface area contributed by atoms with E-state index >= 15 is 0 Å². The Morgan fingerprint density at radius 1 is 0.217 bits per heavy atom. The highest BCUT2D eigenvalue weighted by atomic mass is 14.4. The van der Waals surface area contributed by atoms with Gasteiger partial charge >= 0.3 is 0 Å². The van der Waals surface area contributed by atoms with Gasteiger partial charge in [-0.1, -0.05) is 158 Å². The van der Waals surface area contributed by atoms with Crippen molar-refractivity contribution in [1.82, 2.24) is 0 Å². The van der Waals surface area contributed by atoms with Crippen LogP contribution in [0.1, 0.15) is 11.1 Å². The van der Waals surface area contributed by atoms with Gasteiger partial charge in [-0.05, 0) is 191 Å². The predicted molar refractivity (Wildman–Crippen MR) is 258 cm³/mol. The molecule has 14 rings (SSSR count). The molecular weight excluding hydrogens is 721 g/mol. The number of benzene rings is 12. The average Bonchev–Trinajstić information content (AvgIpc) is 3.78. The van der Waals surface area contributed by atoms with Crippen LogP contribution in [-0.4, -0.2) is 0 Å². The first-order valence-corrected chi connectivity index (χ1v) is 21.2. The van der Waals surface area contributed by atoms with Crippen molar-refractivity contribution in [3.8, 4) is 66.8 Å².